The molecule has 0 aliphatic carbocycles. The van der Waals surface area contributed by atoms with Gasteiger partial charge in [-0.25, -0.2) is 13.8 Å². The van der Waals surface area contributed by atoms with Crippen LogP contribution in [0.2, 0.25) is 5.02 Å². The van der Waals surface area contributed by atoms with E-state index in [4.69, 9.17) is 21.0 Å². The zero-order valence-electron chi connectivity index (χ0n) is 15.1. The Balaban J connectivity index is 1.88. The number of morpholine rings is 1. The summed E-state index contributed by atoms with van der Waals surface area (Å²) in [5.74, 6) is -3.66. The highest BCUT2D eigenvalue weighted by Gasteiger charge is 2.42. The summed E-state index contributed by atoms with van der Waals surface area (Å²) < 4.78 is 60.7. The molecule has 0 atom stereocenters. The van der Waals surface area contributed by atoms with Gasteiger partial charge in [-0.1, -0.05) is 21.9 Å². The standard InChI is InChI=1S/C16H14ClF4N5O4/c17-10-7-9(1-2-11(10)18)22-14(25-29-15(27)16(19,20)21)13-12(23-30-24-13)8-26-3-5-28-6-4-26/h1-2,7H,3-6,8H2,(H,22,25). The molecule has 0 saturated carbocycles. The highest BCUT2D eigenvalue weighted by atomic mass is 35.5. The number of aromatic nitrogens is 2. The molecule has 1 aromatic heterocycles. The SMILES string of the molecule is O=C(ON=C(Nc1ccc(F)c(Cl)c1)c1nonc1CN1CCOCC1)C(F)(F)F. The summed E-state index contributed by atoms with van der Waals surface area (Å²) in [6.45, 7) is 2.39. The molecule has 9 nitrogen and oxygen atoms in total. The molecule has 1 N–H and O–H groups in total. The number of benzene rings is 1. The number of carbonyl (C=O) groups excluding carboxylic acids is 1. The van der Waals surface area contributed by atoms with Crippen molar-refractivity contribution in [1.82, 2.24) is 15.2 Å². The summed E-state index contributed by atoms with van der Waals surface area (Å²) in [5, 5.41) is 12.9. The summed E-state index contributed by atoms with van der Waals surface area (Å²) in [7, 11) is 0. The van der Waals surface area contributed by atoms with Gasteiger partial charge in [-0.2, -0.15) is 13.2 Å². The zero-order chi connectivity index (χ0) is 21.7. The van der Waals surface area contributed by atoms with Crippen molar-refractivity contribution in [2.24, 2.45) is 5.16 Å². The number of nitrogens with one attached hydrogen (secondary N) is 1. The Morgan fingerprint density at radius 3 is 2.70 bits per heavy atom. The number of halogens is 5. The molecule has 3 rings (SSSR count). The third-order valence-electron chi connectivity index (χ3n) is 3.89. The van der Waals surface area contributed by atoms with Crippen LogP contribution < -0.4 is 5.32 Å². The Morgan fingerprint density at radius 1 is 1.30 bits per heavy atom. The van der Waals surface area contributed by atoms with Crippen LogP contribution >= 0.6 is 11.6 Å². The third kappa shape index (κ3) is 5.64. The van der Waals surface area contributed by atoms with E-state index in [1.54, 1.807) is 0 Å². The summed E-state index contributed by atoms with van der Waals surface area (Å²) in [4.78, 5) is 17.0. The first-order chi connectivity index (χ1) is 14.2. The number of oxime groups is 1. The summed E-state index contributed by atoms with van der Waals surface area (Å²) in [6.07, 6.45) is -5.26. The van der Waals surface area contributed by atoms with Crippen molar-refractivity contribution in [1.29, 1.82) is 0 Å². The quantitative estimate of drug-likeness (QED) is 0.243. The van der Waals surface area contributed by atoms with Gasteiger partial charge in [0.05, 0.1) is 18.2 Å². The molecule has 14 heteroatoms. The summed E-state index contributed by atoms with van der Waals surface area (Å²) >= 11 is 5.72. The number of rotatable bonds is 5. The number of alkyl halides is 3. The van der Waals surface area contributed by atoms with Crippen LogP contribution in [0.3, 0.4) is 0 Å². The maximum atomic E-state index is 13.4. The minimum absolute atomic E-state index is 0.100. The predicted molar refractivity (Wildman–Crippen MR) is 94.1 cm³/mol. The Morgan fingerprint density at radius 2 is 2.03 bits per heavy atom. The molecule has 2 heterocycles. The molecule has 1 aliphatic rings. The molecule has 162 valence electrons. The van der Waals surface area contributed by atoms with Gasteiger partial charge >= 0.3 is 12.1 Å². The fourth-order valence-corrected chi connectivity index (χ4v) is 2.62. The lowest BCUT2D eigenvalue weighted by Gasteiger charge is -2.25. The van der Waals surface area contributed by atoms with Crippen molar-refractivity contribution in [2.45, 2.75) is 12.7 Å². The molecule has 1 aromatic carbocycles. The average molecular weight is 452 g/mol. The Bertz CT molecular complexity index is 931. The van der Waals surface area contributed by atoms with Crippen LogP contribution in [-0.4, -0.2) is 59.5 Å². The minimum Gasteiger partial charge on any atom is -0.379 e. The molecule has 30 heavy (non-hydrogen) atoms. The lowest BCUT2D eigenvalue weighted by molar-refractivity contribution is -0.199. The summed E-state index contributed by atoms with van der Waals surface area (Å²) in [6, 6.07) is 3.43. The van der Waals surface area contributed by atoms with E-state index in [-0.39, 0.29) is 28.6 Å². The van der Waals surface area contributed by atoms with Crippen molar-refractivity contribution < 1.29 is 36.6 Å². The second kappa shape index (κ2) is 9.36. The van der Waals surface area contributed by atoms with E-state index in [0.717, 1.165) is 12.1 Å². The van der Waals surface area contributed by atoms with Gasteiger partial charge < -0.3 is 14.9 Å². The molecule has 0 bridgehead atoms. The van der Waals surface area contributed by atoms with E-state index in [0.29, 0.717) is 26.3 Å². The Hall–Kier alpha value is -2.77. The van der Waals surface area contributed by atoms with E-state index < -0.39 is 23.8 Å². The first kappa shape index (κ1) is 21.9. The van der Waals surface area contributed by atoms with Crippen molar-refractivity contribution in [3.8, 4) is 0 Å². The maximum absolute atomic E-state index is 13.4. The van der Waals surface area contributed by atoms with Gasteiger partial charge in [0.15, 0.2) is 5.69 Å². The van der Waals surface area contributed by atoms with Gasteiger partial charge in [-0.3, -0.25) is 4.90 Å². The molecule has 1 fully saturated rings. The molecule has 0 unspecified atom stereocenters. The van der Waals surface area contributed by atoms with Crippen LogP contribution in [0.15, 0.2) is 28.0 Å². The van der Waals surface area contributed by atoms with Crippen LogP contribution in [0.4, 0.5) is 23.2 Å². The highest BCUT2D eigenvalue weighted by Crippen LogP contribution is 2.21. The number of hydrogen-bond acceptors (Lipinski definition) is 8. The molecule has 0 amide bonds. The van der Waals surface area contributed by atoms with Crippen LogP contribution in [0.25, 0.3) is 0 Å². The van der Waals surface area contributed by atoms with Gasteiger partial charge in [0.1, 0.15) is 11.5 Å². The normalized spacial score (nSPS) is 15.8. The van der Waals surface area contributed by atoms with Crippen molar-refractivity contribution in [3.63, 3.8) is 0 Å². The largest absolute Gasteiger partial charge is 0.493 e. The van der Waals surface area contributed by atoms with Crippen molar-refractivity contribution in [3.05, 3.63) is 40.4 Å². The van der Waals surface area contributed by atoms with E-state index in [2.05, 4.69) is 25.6 Å². The lowest BCUT2D eigenvalue weighted by atomic mass is 10.2. The molecule has 0 spiro atoms. The minimum atomic E-state index is -5.26. The fraction of sp³-hybridized carbons (Fsp3) is 0.375. The number of nitrogens with zero attached hydrogens (tertiary/aromatic N) is 4. The predicted octanol–water partition coefficient (Wildman–Crippen LogP) is 2.57. The average Bonchev–Trinajstić information content (AvgIpc) is 3.15. The summed E-state index contributed by atoms with van der Waals surface area (Å²) in [5.41, 5.74) is 0.264. The monoisotopic (exact) mass is 451 g/mol. The Labute approximate surface area is 171 Å². The van der Waals surface area contributed by atoms with Gasteiger partial charge in [0, 0.05) is 25.3 Å². The van der Waals surface area contributed by atoms with E-state index in [1.165, 1.54) is 6.07 Å². The van der Waals surface area contributed by atoms with Crippen LogP contribution in [0, 0.1) is 5.82 Å². The Kier molecular flexibility index (Phi) is 6.84. The first-order valence-corrected chi connectivity index (χ1v) is 8.82. The van der Waals surface area contributed by atoms with Crippen molar-refractivity contribution >= 4 is 29.1 Å². The highest BCUT2D eigenvalue weighted by molar-refractivity contribution is 6.31. The topological polar surface area (TPSA) is 102 Å². The van der Waals surface area contributed by atoms with E-state index in [1.807, 2.05) is 4.90 Å². The van der Waals surface area contributed by atoms with E-state index in [9.17, 15) is 22.4 Å². The van der Waals surface area contributed by atoms with Crippen molar-refractivity contribution in [2.75, 3.05) is 31.6 Å². The first-order valence-electron chi connectivity index (χ1n) is 8.44. The number of anilines is 1. The lowest BCUT2D eigenvalue weighted by Crippen LogP contribution is -2.36. The van der Waals surface area contributed by atoms with Crippen LogP contribution in [0.5, 0.6) is 0 Å². The van der Waals surface area contributed by atoms with Gasteiger partial charge in [-0.05, 0) is 23.4 Å². The van der Waals surface area contributed by atoms with Gasteiger partial charge in [0.25, 0.3) is 0 Å². The second-order valence-electron chi connectivity index (χ2n) is 6.02. The molecular formula is C16H14ClF4N5O4. The number of amidine groups is 1. The van der Waals surface area contributed by atoms with Crippen LogP contribution in [-0.2, 0) is 20.9 Å². The molecule has 0 radical (unpaired) electrons. The smallest absolute Gasteiger partial charge is 0.379 e. The molecular weight excluding hydrogens is 438 g/mol. The number of hydrogen-bond donors (Lipinski definition) is 1. The van der Waals surface area contributed by atoms with Gasteiger partial charge in [0.2, 0.25) is 5.84 Å². The number of ether oxygens (including phenoxy) is 1. The number of carbonyl (C=O) groups is 1. The zero-order valence-corrected chi connectivity index (χ0v) is 15.8. The molecule has 2 aromatic rings. The second-order valence-corrected chi connectivity index (χ2v) is 6.43. The maximum Gasteiger partial charge on any atom is 0.493 e. The molecule has 1 saturated heterocycles. The third-order valence-corrected chi connectivity index (χ3v) is 4.18. The molecule has 1 aliphatic heterocycles. The van der Waals surface area contributed by atoms with E-state index >= 15 is 0 Å². The fourth-order valence-electron chi connectivity index (χ4n) is 2.44. The van der Waals surface area contributed by atoms with Crippen LogP contribution in [0.1, 0.15) is 11.4 Å². The van der Waals surface area contributed by atoms with Gasteiger partial charge in [-0.15, -0.1) is 0 Å².